The minimum absolute atomic E-state index is 0.426. The summed E-state index contributed by atoms with van der Waals surface area (Å²) in [6.07, 6.45) is 2.18. The van der Waals surface area contributed by atoms with E-state index in [4.69, 9.17) is 16.8 Å². The van der Waals surface area contributed by atoms with Crippen LogP contribution in [0, 0.1) is 0 Å². The molecule has 6 heteroatoms. The van der Waals surface area contributed by atoms with Crippen LogP contribution in [-0.4, -0.2) is 20.9 Å². The Bertz CT molecular complexity index is 802. The molecule has 0 spiro atoms. The highest BCUT2D eigenvalue weighted by molar-refractivity contribution is 6.31. The van der Waals surface area contributed by atoms with Gasteiger partial charge in [-0.3, -0.25) is 14.7 Å². The van der Waals surface area contributed by atoms with Gasteiger partial charge in [-0.1, -0.05) is 41.9 Å². The summed E-state index contributed by atoms with van der Waals surface area (Å²) in [7, 11) is 0. The van der Waals surface area contributed by atoms with Crippen LogP contribution in [0.2, 0.25) is 5.02 Å². The van der Waals surface area contributed by atoms with Gasteiger partial charge < -0.3 is 0 Å². The maximum absolute atomic E-state index is 12.0. The molecule has 3 aromatic rings. The Morgan fingerprint density at radius 1 is 1.27 bits per heavy atom. The molecule has 1 aromatic heterocycles. The fourth-order valence-corrected chi connectivity index (χ4v) is 2.57. The molecule has 112 valence electrons. The minimum atomic E-state index is -0.640. The highest BCUT2D eigenvalue weighted by Gasteiger charge is 2.22. The number of nitrogens with zero attached hydrogens (tertiary/aromatic N) is 2. The third kappa shape index (κ3) is 2.95. The van der Waals surface area contributed by atoms with Crippen LogP contribution in [-0.2, 0) is 11.2 Å². The van der Waals surface area contributed by atoms with Crippen molar-refractivity contribution in [2.24, 2.45) is 0 Å². The van der Waals surface area contributed by atoms with Crippen LogP contribution in [0.4, 0.5) is 0 Å². The maximum atomic E-state index is 12.0. The van der Waals surface area contributed by atoms with E-state index in [2.05, 4.69) is 5.10 Å². The van der Waals surface area contributed by atoms with Crippen LogP contribution < -0.4 is 5.48 Å². The first-order chi connectivity index (χ1) is 10.7. The zero-order valence-electron chi connectivity index (χ0n) is 11.6. The summed E-state index contributed by atoms with van der Waals surface area (Å²) in [5, 5.41) is 14.9. The third-order valence-electron chi connectivity index (χ3n) is 3.49. The average Bonchev–Trinajstić information content (AvgIpc) is 2.95. The van der Waals surface area contributed by atoms with Crippen molar-refractivity contribution in [3.63, 3.8) is 0 Å². The molecule has 3 rings (SSSR count). The van der Waals surface area contributed by atoms with Crippen LogP contribution in [0.15, 0.2) is 54.7 Å². The number of carbonyl (C=O) groups is 1. The van der Waals surface area contributed by atoms with Crippen molar-refractivity contribution >= 4 is 28.4 Å². The van der Waals surface area contributed by atoms with Gasteiger partial charge in [0.2, 0.25) is 0 Å². The van der Waals surface area contributed by atoms with Gasteiger partial charge in [0, 0.05) is 23.0 Å². The number of aromatic nitrogens is 2. The highest BCUT2D eigenvalue weighted by Crippen LogP contribution is 2.21. The number of hydrogen-bond donors (Lipinski definition) is 2. The lowest BCUT2D eigenvalue weighted by Gasteiger charge is -2.15. The number of hydrogen-bond acceptors (Lipinski definition) is 3. The molecule has 2 aromatic carbocycles. The first-order valence-electron chi connectivity index (χ1n) is 6.79. The van der Waals surface area contributed by atoms with Crippen LogP contribution in [0.3, 0.4) is 0 Å². The zero-order valence-corrected chi connectivity index (χ0v) is 12.4. The van der Waals surface area contributed by atoms with Crippen molar-refractivity contribution in [1.82, 2.24) is 15.3 Å². The number of carbonyl (C=O) groups excluding carboxylic acids is 1. The molecule has 0 saturated heterocycles. The maximum Gasteiger partial charge on any atom is 0.268 e. The van der Waals surface area contributed by atoms with E-state index in [1.54, 1.807) is 34.6 Å². The number of halogens is 1. The van der Waals surface area contributed by atoms with Gasteiger partial charge in [-0.25, -0.2) is 5.48 Å². The van der Waals surface area contributed by atoms with Crippen molar-refractivity contribution in [1.29, 1.82) is 0 Å². The Labute approximate surface area is 132 Å². The summed E-state index contributed by atoms with van der Waals surface area (Å²) in [5.41, 5.74) is 3.44. The summed E-state index contributed by atoms with van der Waals surface area (Å²) in [6.45, 7) is 0. The van der Waals surface area contributed by atoms with E-state index in [0.717, 1.165) is 16.5 Å². The van der Waals surface area contributed by atoms with Gasteiger partial charge in [0.1, 0.15) is 6.04 Å². The number of nitrogens with one attached hydrogen (secondary N) is 1. The van der Waals surface area contributed by atoms with E-state index in [9.17, 15) is 4.79 Å². The fourth-order valence-electron chi connectivity index (χ4n) is 2.39. The van der Waals surface area contributed by atoms with E-state index in [1.807, 2.05) is 30.3 Å². The lowest BCUT2D eigenvalue weighted by atomic mass is 10.1. The van der Waals surface area contributed by atoms with Gasteiger partial charge in [-0.05, 0) is 23.8 Å². The molecule has 0 fully saturated rings. The molecule has 0 bridgehead atoms. The number of fused-ring (bicyclic) bond motifs is 1. The number of benzene rings is 2. The van der Waals surface area contributed by atoms with Gasteiger partial charge in [-0.15, -0.1) is 0 Å². The van der Waals surface area contributed by atoms with Gasteiger partial charge in [0.25, 0.3) is 5.91 Å². The normalized spacial score (nSPS) is 12.3. The van der Waals surface area contributed by atoms with E-state index in [1.165, 1.54) is 0 Å². The molecule has 1 unspecified atom stereocenters. The lowest BCUT2D eigenvalue weighted by Crippen LogP contribution is -2.32. The van der Waals surface area contributed by atoms with Crippen LogP contribution >= 0.6 is 11.6 Å². The largest absolute Gasteiger partial charge is 0.289 e. The molecule has 0 aliphatic rings. The van der Waals surface area contributed by atoms with Crippen LogP contribution in [0.1, 0.15) is 11.6 Å². The third-order valence-corrected chi connectivity index (χ3v) is 3.72. The molecule has 2 N–H and O–H groups in total. The second-order valence-corrected chi connectivity index (χ2v) is 5.43. The number of hydroxylamine groups is 1. The Kier molecular flexibility index (Phi) is 4.09. The van der Waals surface area contributed by atoms with E-state index in [0.29, 0.717) is 11.4 Å². The van der Waals surface area contributed by atoms with E-state index < -0.39 is 11.9 Å². The van der Waals surface area contributed by atoms with Gasteiger partial charge >= 0.3 is 0 Å². The van der Waals surface area contributed by atoms with Gasteiger partial charge in [0.15, 0.2) is 0 Å². The summed E-state index contributed by atoms with van der Waals surface area (Å²) < 4.78 is 1.56. The molecule has 0 radical (unpaired) electrons. The highest BCUT2D eigenvalue weighted by atomic mass is 35.5. The van der Waals surface area contributed by atoms with E-state index in [-0.39, 0.29) is 0 Å². The molecule has 1 amide bonds. The first-order valence-corrected chi connectivity index (χ1v) is 7.17. The smallest absolute Gasteiger partial charge is 0.268 e. The molecule has 5 nitrogen and oxygen atoms in total. The summed E-state index contributed by atoms with van der Waals surface area (Å²) in [4.78, 5) is 12.0. The Hall–Kier alpha value is -2.37. The summed E-state index contributed by atoms with van der Waals surface area (Å²) in [5.74, 6) is -0.511. The standard InChI is InChI=1S/C16H14ClN3O2/c17-13-6-7-14-12(9-13)10-20(18-14)15(16(21)19-22)8-11-4-2-1-3-5-11/h1-7,9-10,15,22H,8H2,(H,19,21). The molecule has 22 heavy (non-hydrogen) atoms. The molecule has 1 heterocycles. The second kappa shape index (κ2) is 6.17. The van der Waals surface area contributed by atoms with Gasteiger partial charge in [0.05, 0.1) is 5.52 Å². The van der Waals surface area contributed by atoms with Crippen LogP contribution in [0.25, 0.3) is 10.9 Å². The minimum Gasteiger partial charge on any atom is -0.289 e. The monoisotopic (exact) mass is 315 g/mol. The Morgan fingerprint density at radius 3 is 2.77 bits per heavy atom. The number of rotatable bonds is 4. The van der Waals surface area contributed by atoms with Crippen molar-refractivity contribution in [2.45, 2.75) is 12.5 Å². The molecular formula is C16H14ClN3O2. The molecular weight excluding hydrogens is 302 g/mol. The quantitative estimate of drug-likeness (QED) is 0.574. The predicted molar refractivity (Wildman–Crippen MR) is 83.9 cm³/mol. The Balaban J connectivity index is 1.98. The van der Waals surface area contributed by atoms with Crippen molar-refractivity contribution < 1.29 is 10.0 Å². The zero-order chi connectivity index (χ0) is 15.5. The first kappa shape index (κ1) is 14.6. The second-order valence-electron chi connectivity index (χ2n) is 4.99. The molecule has 0 saturated carbocycles. The molecule has 1 atom stereocenters. The summed E-state index contributed by atoms with van der Waals surface area (Å²) in [6, 6.07) is 14.3. The van der Waals surface area contributed by atoms with Crippen molar-refractivity contribution in [3.8, 4) is 0 Å². The van der Waals surface area contributed by atoms with Crippen molar-refractivity contribution in [2.75, 3.05) is 0 Å². The predicted octanol–water partition coefficient (Wildman–Crippen LogP) is 2.98. The SMILES string of the molecule is O=C(NO)C(Cc1ccccc1)n1cc2cc(Cl)ccc2n1. The molecule has 0 aliphatic carbocycles. The molecule has 0 aliphatic heterocycles. The van der Waals surface area contributed by atoms with Crippen LogP contribution in [0.5, 0.6) is 0 Å². The topological polar surface area (TPSA) is 67.2 Å². The number of amides is 1. The van der Waals surface area contributed by atoms with Crippen molar-refractivity contribution in [3.05, 3.63) is 65.3 Å². The van der Waals surface area contributed by atoms with E-state index >= 15 is 0 Å². The Morgan fingerprint density at radius 2 is 2.05 bits per heavy atom. The lowest BCUT2D eigenvalue weighted by molar-refractivity contribution is -0.132. The average molecular weight is 316 g/mol. The fraction of sp³-hybridized carbons (Fsp3) is 0.125. The summed E-state index contributed by atoms with van der Waals surface area (Å²) >= 11 is 5.97. The van der Waals surface area contributed by atoms with Gasteiger partial charge in [-0.2, -0.15) is 5.10 Å².